The number of rotatable bonds is 0. The molecule has 0 saturated heterocycles. The van der Waals surface area contributed by atoms with E-state index in [9.17, 15) is 5.11 Å². The molecule has 2 aliphatic carbocycles. The van der Waals surface area contributed by atoms with Crippen molar-refractivity contribution in [1.29, 1.82) is 0 Å². The van der Waals surface area contributed by atoms with Crippen LogP contribution in [0.3, 0.4) is 0 Å². The third kappa shape index (κ3) is 1.54. The first kappa shape index (κ1) is 9.26. The summed E-state index contributed by atoms with van der Waals surface area (Å²) >= 11 is 0. The van der Waals surface area contributed by atoms with E-state index in [4.69, 9.17) is 0 Å². The van der Waals surface area contributed by atoms with Gasteiger partial charge in [0.25, 0.3) is 0 Å². The molecule has 1 N–H and O–H groups in total. The first-order valence-electron chi connectivity index (χ1n) is 5.56. The van der Waals surface area contributed by atoms with E-state index in [0.29, 0.717) is 17.8 Å². The van der Waals surface area contributed by atoms with E-state index in [1.165, 1.54) is 18.4 Å². The SMILES string of the molecule is C=C1CCC[C@@H](O)[C@@H]2[C@H](C)CC[C@@H]12. The van der Waals surface area contributed by atoms with Gasteiger partial charge in [-0.05, 0) is 49.9 Å². The molecule has 74 valence electrons. The zero-order valence-corrected chi connectivity index (χ0v) is 8.50. The fraction of sp³-hybridized carbons (Fsp3) is 0.833. The summed E-state index contributed by atoms with van der Waals surface area (Å²) in [5.74, 6) is 1.86. The maximum absolute atomic E-state index is 10.0. The molecule has 0 aromatic heterocycles. The van der Waals surface area contributed by atoms with Crippen molar-refractivity contribution in [3.05, 3.63) is 12.2 Å². The predicted molar refractivity (Wildman–Crippen MR) is 54.4 cm³/mol. The maximum Gasteiger partial charge on any atom is 0.0576 e. The van der Waals surface area contributed by atoms with E-state index >= 15 is 0 Å². The van der Waals surface area contributed by atoms with Crippen LogP contribution in [-0.2, 0) is 0 Å². The van der Waals surface area contributed by atoms with Gasteiger partial charge in [-0.3, -0.25) is 0 Å². The Kier molecular flexibility index (Phi) is 2.46. The molecule has 0 aliphatic heterocycles. The molecule has 0 unspecified atom stereocenters. The van der Waals surface area contributed by atoms with E-state index in [2.05, 4.69) is 13.5 Å². The van der Waals surface area contributed by atoms with Crippen molar-refractivity contribution in [3.8, 4) is 0 Å². The summed E-state index contributed by atoms with van der Waals surface area (Å²) < 4.78 is 0. The fourth-order valence-corrected chi connectivity index (χ4v) is 3.26. The Hall–Kier alpha value is -0.300. The molecular weight excluding hydrogens is 160 g/mol. The summed E-state index contributed by atoms with van der Waals surface area (Å²) in [4.78, 5) is 0. The Balaban J connectivity index is 2.20. The summed E-state index contributed by atoms with van der Waals surface area (Å²) in [6.45, 7) is 6.46. The predicted octanol–water partition coefficient (Wildman–Crippen LogP) is 2.75. The highest BCUT2D eigenvalue weighted by Gasteiger charge is 2.40. The van der Waals surface area contributed by atoms with Crippen LogP contribution < -0.4 is 0 Å². The minimum atomic E-state index is -0.0539. The van der Waals surface area contributed by atoms with Gasteiger partial charge in [-0.15, -0.1) is 0 Å². The van der Waals surface area contributed by atoms with Gasteiger partial charge in [0, 0.05) is 0 Å². The average molecular weight is 180 g/mol. The van der Waals surface area contributed by atoms with Gasteiger partial charge in [-0.2, -0.15) is 0 Å². The third-order valence-corrected chi connectivity index (χ3v) is 4.02. The number of fused-ring (bicyclic) bond motifs is 1. The van der Waals surface area contributed by atoms with Crippen LogP contribution in [0.25, 0.3) is 0 Å². The van der Waals surface area contributed by atoms with Gasteiger partial charge in [-0.1, -0.05) is 19.1 Å². The molecule has 0 aromatic rings. The average Bonchev–Trinajstić information content (AvgIpc) is 2.40. The molecule has 0 bridgehead atoms. The molecule has 1 heteroatoms. The largest absolute Gasteiger partial charge is 0.393 e. The molecule has 0 radical (unpaired) electrons. The lowest BCUT2D eigenvalue weighted by Crippen LogP contribution is -2.26. The maximum atomic E-state index is 10.0. The summed E-state index contributed by atoms with van der Waals surface area (Å²) in [6, 6.07) is 0. The number of aliphatic hydroxyl groups excluding tert-OH is 1. The molecule has 2 rings (SSSR count). The van der Waals surface area contributed by atoms with Gasteiger partial charge in [-0.25, -0.2) is 0 Å². The summed E-state index contributed by atoms with van der Waals surface area (Å²) in [7, 11) is 0. The Bertz CT molecular complexity index is 209. The van der Waals surface area contributed by atoms with Crippen molar-refractivity contribution < 1.29 is 5.11 Å². The molecule has 4 atom stereocenters. The van der Waals surface area contributed by atoms with Gasteiger partial charge < -0.3 is 5.11 Å². The minimum Gasteiger partial charge on any atom is -0.393 e. The van der Waals surface area contributed by atoms with Crippen LogP contribution in [0.4, 0.5) is 0 Å². The van der Waals surface area contributed by atoms with Crippen LogP contribution in [0, 0.1) is 17.8 Å². The van der Waals surface area contributed by atoms with Crippen LogP contribution in [0.15, 0.2) is 12.2 Å². The zero-order valence-electron chi connectivity index (χ0n) is 8.50. The second-order valence-corrected chi connectivity index (χ2v) is 4.86. The smallest absolute Gasteiger partial charge is 0.0576 e. The molecule has 1 nitrogen and oxygen atoms in total. The molecule has 2 saturated carbocycles. The zero-order chi connectivity index (χ0) is 9.42. The van der Waals surface area contributed by atoms with Crippen molar-refractivity contribution in [2.24, 2.45) is 17.8 Å². The lowest BCUT2D eigenvalue weighted by Gasteiger charge is -2.25. The quantitative estimate of drug-likeness (QED) is 0.568. The Morgan fingerprint density at radius 1 is 1.31 bits per heavy atom. The summed E-state index contributed by atoms with van der Waals surface area (Å²) in [5, 5.41) is 10.0. The first-order chi connectivity index (χ1) is 6.20. The molecule has 0 spiro atoms. The monoisotopic (exact) mass is 180 g/mol. The number of allylic oxidation sites excluding steroid dienone is 1. The molecule has 0 amide bonds. The van der Waals surface area contributed by atoms with Gasteiger partial charge in [0.1, 0.15) is 0 Å². The van der Waals surface area contributed by atoms with E-state index in [1.54, 1.807) is 0 Å². The topological polar surface area (TPSA) is 20.2 Å². The van der Waals surface area contributed by atoms with E-state index in [-0.39, 0.29) is 6.10 Å². The Morgan fingerprint density at radius 3 is 2.85 bits per heavy atom. The van der Waals surface area contributed by atoms with Crippen LogP contribution in [0.5, 0.6) is 0 Å². The van der Waals surface area contributed by atoms with Crippen molar-refractivity contribution in [2.45, 2.75) is 45.1 Å². The second-order valence-electron chi connectivity index (χ2n) is 4.86. The van der Waals surface area contributed by atoms with Crippen LogP contribution in [-0.4, -0.2) is 11.2 Å². The summed E-state index contributed by atoms with van der Waals surface area (Å²) in [6.07, 6.45) is 5.77. The molecule has 0 heterocycles. The van der Waals surface area contributed by atoms with Crippen LogP contribution in [0.1, 0.15) is 39.0 Å². The Morgan fingerprint density at radius 2 is 2.08 bits per heavy atom. The number of hydrogen-bond acceptors (Lipinski definition) is 1. The highest BCUT2D eigenvalue weighted by Crippen LogP contribution is 2.46. The van der Waals surface area contributed by atoms with Gasteiger partial charge in [0.05, 0.1) is 6.10 Å². The van der Waals surface area contributed by atoms with Gasteiger partial charge >= 0.3 is 0 Å². The van der Waals surface area contributed by atoms with Gasteiger partial charge in [0.15, 0.2) is 0 Å². The molecule has 13 heavy (non-hydrogen) atoms. The molecule has 2 aliphatic rings. The van der Waals surface area contributed by atoms with Crippen molar-refractivity contribution in [3.63, 3.8) is 0 Å². The highest BCUT2D eigenvalue weighted by molar-refractivity contribution is 5.09. The molecular formula is C12H20O. The molecule has 0 aromatic carbocycles. The van der Waals surface area contributed by atoms with Gasteiger partial charge in [0.2, 0.25) is 0 Å². The lowest BCUT2D eigenvalue weighted by atomic mass is 9.83. The highest BCUT2D eigenvalue weighted by atomic mass is 16.3. The van der Waals surface area contributed by atoms with Crippen LogP contribution >= 0.6 is 0 Å². The molecule has 2 fully saturated rings. The number of hydrogen-bond donors (Lipinski definition) is 1. The van der Waals surface area contributed by atoms with E-state index in [0.717, 1.165) is 19.3 Å². The third-order valence-electron chi connectivity index (χ3n) is 4.02. The van der Waals surface area contributed by atoms with Crippen molar-refractivity contribution >= 4 is 0 Å². The Labute approximate surface area is 80.8 Å². The lowest BCUT2D eigenvalue weighted by molar-refractivity contribution is 0.0712. The normalized spacial score (nSPS) is 45.8. The minimum absolute atomic E-state index is 0.0539. The van der Waals surface area contributed by atoms with Crippen molar-refractivity contribution in [2.75, 3.05) is 0 Å². The standard InChI is InChI=1S/C12H20O/c1-8-4-3-5-11(13)12-9(2)6-7-10(8)12/h9-13H,1,3-7H2,2H3/t9-,10+,11-,12-/m1/s1. The van der Waals surface area contributed by atoms with E-state index < -0.39 is 0 Å². The first-order valence-corrected chi connectivity index (χ1v) is 5.56. The van der Waals surface area contributed by atoms with Crippen molar-refractivity contribution in [1.82, 2.24) is 0 Å². The van der Waals surface area contributed by atoms with E-state index in [1.807, 2.05) is 0 Å². The van der Waals surface area contributed by atoms with Crippen LogP contribution in [0.2, 0.25) is 0 Å². The number of aliphatic hydroxyl groups is 1. The summed E-state index contributed by atoms with van der Waals surface area (Å²) in [5.41, 5.74) is 1.41. The fourth-order valence-electron chi connectivity index (χ4n) is 3.26. The second kappa shape index (κ2) is 3.45.